The van der Waals surface area contributed by atoms with Crippen molar-refractivity contribution < 1.29 is 0 Å². The molecule has 3 rings (SSSR count). The number of nitrogens with zero attached hydrogens (tertiary/aromatic N) is 4. The van der Waals surface area contributed by atoms with Gasteiger partial charge < -0.3 is 15.1 Å². The Hall–Kier alpha value is -2.14. The second-order valence-corrected chi connectivity index (χ2v) is 5.20. The van der Waals surface area contributed by atoms with Gasteiger partial charge in [-0.2, -0.15) is 0 Å². The van der Waals surface area contributed by atoms with Crippen molar-refractivity contribution in [3.63, 3.8) is 0 Å². The summed E-state index contributed by atoms with van der Waals surface area (Å²) >= 11 is 0. The summed E-state index contributed by atoms with van der Waals surface area (Å²) < 4.78 is 0. The molecule has 0 spiro atoms. The third-order valence-electron chi connectivity index (χ3n) is 3.78. The summed E-state index contributed by atoms with van der Waals surface area (Å²) in [7, 11) is 1.94. The van der Waals surface area contributed by atoms with Crippen LogP contribution >= 0.6 is 0 Å². The van der Waals surface area contributed by atoms with E-state index in [1.54, 1.807) is 0 Å². The van der Waals surface area contributed by atoms with Gasteiger partial charge in [0.05, 0.1) is 5.69 Å². The lowest BCUT2D eigenvalue weighted by Gasteiger charge is -2.36. The number of nitrogens with one attached hydrogen (secondary N) is 1. The molecular weight excluding hydrogens is 262 g/mol. The van der Waals surface area contributed by atoms with E-state index in [9.17, 15) is 0 Å². The zero-order chi connectivity index (χ0) is 14.5. The number of piperazine rings is 1. The van der Waals surface area contributed by atoms with Crippen molar-refractivity contribution in [3.05, 3.63) is 48.4 Å². The van der Waals surface area contributed by atoms with Gasteiger partial charge in [0.2, 0.25) is 0 Å². The normalized spacial score (nSPS) is 15.3. The first-order valence-corrected chi connectivity index (χ1v) is 7.37. The Balaban J connectivity index is 1.64. The summed E-state index contributed by atoms with van der Waals surface area (Å²) in [5, 5.41) is 3.15. The van der Waals surface area contributed by atoms with Gasteiger partial charge in [0.25, 0.3) is 0 Å². The van der Waals surface area contributed by atoms with E-state index in [0.717, 1.165) is 44.2 Å². The zero-order valence-electron chi connectivity index (χ0n) is 12.4. The molecule has 3 heterocycles. The highest BCUT2D eigenvalue weighted by molar-refractivity contribution is 5.49. The Labute approximate surface area is 125 Å². The fraction of sp³-hybridized carbons (Fsp3) is 0.375. The SMILES string of the molecule is CNCc1cc(N2CCN(c3ccccn3)CC2)ccn1. The maximum absolute atomic E-state index is 4.43. The second-order valence-electron chi connectivity index (χ2n) is 5.20. The van der Waals surface area contributed by atoms with Crippen molar-refractivity contribution in [1.82, 2.24) is 15.3 Å². The lowest BCUT2D eigenvalue weighted by atomic mass is 10.2. The van der Waals surface area contributed by atoms with Crippen molar-refractivity contribution in [2.75, 3.05) is 43.0 Å². The standard InChI is InChI=1S/C16H21N5/c1-17-13-14-12-15(5-7-18-14)20-8-10-21(11-9-20)16-4-2-3-6-19-16/h2-7,12,17H,8-11,13H2,1H3. The minimum absolute atomic E-state index is 0.807. The molecule has 0 amide bonds. The average molecular weight is 283 g/mol. The Morgan fingerprint density at radius 1 is 1.00 bits per heavy atom. The van der Waals surface area contributed by atoms with Crippen LogP contribution in [0.25, 0.3) is 0 Å². The average Bonchev–Trinajstić information content (AvgIpc) is 2.56. The summed E-state index contributed by atoms with van der Waals surface area (Å²) in [6.45, 7) is 4.84. The summed E-state index contributed by atoms with van der Waals surface area (Å²) in [5.41, 5.74) is 2.35. The van der Waals surface area contributed by atoms with Crippen molar-refractivity contribution in [2.45, 2.75) is 6.54 Å². The van der Waals surface area contributed by atoms with Gasteiger partial charge in [-0.25, -0.2) is 4.98 Å². The quantitative estimate of drug-likeness (QED) is 0.922. The highest BCUT2D eigenvalue weighted by atomic mass is 15.3. The molecule has 0 unspecified atom stereocenters. The van der Waals surface area contributed by atoms with E-state index >= 15 is 0 Å². The van der Waals surface area contributed by atoms with Gasteiger partial charge >= 0.3 is 0 Å². The maximum atomic E-state index is 4.43. The third kappa shape index (κ3) is 3.31. The predicted octanol–water partition coefficient (Wildman–Crippen LogP) is 1.52. The zero-order valence-corrected chi connectivity index (χ0v) is 12.4. The Morgan fingerprint density at radius 2 is 1.81 bits per heavy atom. The minimum atomic E-state index is 0.807. The smallest absolute Gasteiger partial charge is 0.128 e. The third-order valence-corrected chi connectivity index (χ3v) is 3.78. The maximum Gasteiger partial charge on any atom is 0.128 e. The lowest BCUT2D eigenvalue weighted by molar-refractivity contribution is 0.646. The van der Waals surface area contributed by atoms with Crippen LogP contribution in [0.1, 0.15) is 5.69 Å². The molecule has 0 atom stereocenters. The van der Waals surface area contributed by atoms with E-state index in [1.165, 1.54) is 5.69 Å². The first kappa shape index (κ1) is 13.8. The van der Waals surface area contributed by atoms with Crippen LogP contribution in [0.3, 0.4) is 0 Å². The van der Waals surface area contributed by atoms with Crippen LogP contribution in [0.2, 0.25) is 0 Å². The molecule has 0 aromatic carbocycles. The monoisotopic (exact) mass is 283 g/mol. The summed E-state index contributed by atoms with van der Waals surface area (Å²) in [6, 6.07) is 10.3. The molecule has 2 aromatic heterocycles. The molecule has 1 saturated heterocycles. The van der Waals surface area contributed by atoms with Crippen LogP contribution in [0.5, 0.6) is 0 Å². The summed E-state index contributed by atoms with van der Waals surface area (Å²) in [4.78, 5) is 13.6. The second kappa shape index (κ2) is 6.54. The number of hydrogen-bond acceptors (Lipinski definition) is 5. The van der Waals surface area contributed by atoms with Gasteiger partial charge in [0.1, 0.15) is 5.82 Å². The van der Waals surface area contributed by atoms with Crippen molar-refractivity contribution in [2.24, 2.45) is 0 Å². The predicted molar refractivity (Wildman–Crippen MR) is 85.7 cm³/mol. The van der Waals surface area contributed by atoms with Gasteiger partial charge in [-0.3, -0.25) is 4.98 Å². The lowest BCUT2D eigenvalue weighted by Crippen LogP contribution is -2.46. The van der Waals surface area contributed by atoms with Crippen LogP contribution in [-0.2, 0) is 6.54 Å². The van der Waals surface area contributed by atoms with E-state index in [2.05, 4.69) is 43.3 Å². The van der Waals surface area contributed by atoms with Gasteiger partial charge in [-0.05, 0) is 31.3 Å². The molecule has 0 saturated carbocycles. The molecule has 0 aliphatic carbocycles. The largest absolute Gasteiger partial charge is 0.368 e. The number of aromatic nitrogens is 2. The first-order chi connectivity index (χ1) is 10.4. The van der Waals surface area contributed by atoms with Crippen LogP contribution < -0.4 is 15.1 Å². The molecule has 2 aromatic rings. The highest BCUT2D eigenvalue weighted by Crippen LogP contribution is 2.19. The van der Waals surface area contributed by atoms with E-state index in [1.807, 2.05) is 31.6 Å². The van der Waals surface area contributed by atoms with E-state index in [0.29, 0.717) is 0 Å². The van der Waals surface area contributed by atoms with Crippen molar-refractivity contribution >= 4 is 11.5 Å². The van der Waals surface area contributed by atoms with Crippen LogP contribution in [0.4, 0.5) is 11.5 Å². The molecule has 5 heteroatoms. The van der Waals surface area contributed by atoms with Crippen molar-refractivity contribution in [3.8, 4) is 0 Å². The van der Waals surface area contributed by atoms with Crippen LogP contribution in [-0.4, -0.2) is 43.2 Å². The fourth-order valence-electron chi connectivity index (χ4n) is 2.67. The first-order valence-electron chi connectivity index (χ1n) is 7.37. The van der Waals surface area contributed by atoms with Gasteiger partial charge in [0.15, 0.2) is 0 Å². The molecule has 0 bridgehead atoms. The number of rotatable bonds is 4. The highest BCUT2D eigenvalue weighted by Gasteiger charge is 2.18. The Kier molecular flexibility index (Phi) is 4.31. The van der Waals surface area contributed by atoms with E-state index in [4.69, 9.17) is 0 Å². The molecule has 1 fully saturated rings. The molecule has 110 valence electrons. The molecular formula is C16H21N5. The van der Waals surface area contributed by atoms with E-state index in [-0.39, 0.29) is 0 Å². The molecule has 1 aliphatic heterocycles. The van der Waals surface area contributed by atoms with Gasteiger partial charge in [-0.1, -0.05) is 6.07 Å². The van der Waals surface area contributed by atoms with Gasteiger partial charge in [0, 0.05) is 50.8 Å². The van der Waals surface area contributed by atoms with E-state index < -0.39 is 0 Å². The van der Waals surface area contributed by atoms with Crippen molar-refractivity contribution in [1.29, 1.82) is 0 Å². The topological polar surface area (TPSA) is 44.3 Å². The number of hydrogen-bond donors (Lipinski definition) is 1. The fourth-order valence-corrected chi connectivity index (χ4v) is 2.67. The molecule has 1 aliphatic rings. The molecule has 21 heavy (non-hydrogen) atoms. The summed E-state index contributed by atoms with van der Waals surface area (Å²) in [6.07, 6.45) is 3.75. The minimum Gasteiger partial charge on any atom is -0.368 e. The van der Waals surface area contributed by atoms with Crippen LogP contribution in [0, 0.1) is 0 Å². The Morgan fingerprint density at radius 3 is 2.52 bits per heavy atom. The van der Waals surface area contributed by atoms with Crippen LogP contribution in [0.15, 0.2) is 42.7 Å². The number of anilines is 2. The molecule has 0 radical (unpaired) electrons. The van der Waals surface area contributed by atoms with Gasteiger partial charge in [-0.15, -0.1) is 0 Å². The molecule has 5 nitrogen and oxygen atoms in total. The Bertz CT molecular complexity index is 564. The molecule has 1 N–H and O–H groups in total. The summed E-state index contributed by atoms with van der Waals surface area (Å²) in [5.74, 6) is 1.07. The number of pyridine rings is 2.